The zero-order valence-corrected chi connectivity index (χ0v) is 14.4. The van der Waals surface area contributed by atoms with Gasteiger partial charge in [0.1, 0.15) is 0 Å². The highest BCUT2D eigenvalue weighted by Gasteiger charge is 2.41. The highest BCUT2D eigenvalue weighted by molar-refractivity contribution is 5.10. The summed E-state index contributed by atoms with van der Waals surface area (Å²) in [7, 11) is 0. The molecule has 1 unspecified atom stereocenters. The number of hydrogen-bond donors (Lipinski definition) is 1. The highest BCUT2D eigenvalue weighted by atomic mass is 15.3. The molecule has 0 aromatic carbocycles. The molecule has 1 aromatic heterocycles. The number of aromatic nitrogens is 2. The molecule has 1 aromatic rings. The molecule has 0 saturated heterocycles. The standard InChI is InChI=1S/C18H33N3/c1-5-19-17(11-16-13-20-21(6-2)14-16)18(12-15(3)4)9-7-8-10-18/h13-15,17,19H,5-12H2,1-4H3. The number of nitrogens with zero attached hydrogens (tertiary/aromatic N) is 2. The van der Waals surface area contributed by atoms with Crippen LogP contribution in [0.5, 0.6) is 0 Å². The summed E-state index contributed by atoms with van der Waals surface area (Å²) in [5, 5.41) is 8.26. The summed E-state index contributed by atoms with van der Waals surface area (Å²) in [5.74, 6) is 0.780. The monoisotopic (exact) mass is 291 g/mol. The number of aryl methyl sites for hydroxylation is 1. The first-order chi connectivity index (χ1) is 10.1. The van der Waals surface area contributed by atoms with E-state index in [1.165, 1.54) is 37.7 Å². The van der Waals surface area contributed by atoms with Gasteiger partial charge in [0, 0.05) is 18.8 Å². The molecule has 2 rings (SSSR count). The van der Waals surface area contributed by atoms with Gasteiger partial charge < -0.3 is 5.32 Å². The second-order valence-corrected chi connectivity index (χ2v) is 7.19. The van der Waals surface area contributed by atoms with Crippen LogP contribution in [0.15, 0.2) is 12.4 Å². The number of hydrogen-bond acceptors (Lipinski definition) is 2. The molecule has 0 radical (unpaired) electrons. The third-order valence-corrected chi connectivity index (χ3v) is 5.05. The van der Waals surface area contributed by atoms with Crippen LogP contribution >= 0.6 is 0 Å². The average Bonchev–Trinajstić information content (AvgIpc) is 3.07. The number of nitrogens with one attached hydrogen (secondary N) is 1. The van der Waals surface area contributed by atoms with Crippen LogP contribution in [-0.4, -0.2) is 22.4 Å². The second kappa shape index (κ2) is 7.44. The molecular weight excluding hydrogens is 258 g/mol. The van der Waals surface area contributed by atoms with Gasteiger partial charge in [-0.2, -0.15) is 5.10 Å². The van der Waals surface area contributed by atoms with Crippen molar-refractivity contribution >= 4 is 0 Å². The van der Waals surface area contributed by atoms with Crippen molar-refractivity contribution in [1.82, 2.24) is 15.1 Å². The Morgan fingerprint density at radius 3 is 2.52 bits per heavy atom. The zero-order chi connectivity index (χ0) is 15.3. The van der Waals surface area contributed by atoms with Crippen molar-refractivity contribution < 1.29 is 0 Å². The van der Waals surface area contributed by atoms with Gasteiger partial charge in [0.2, 0.25) is 0 Å². The molecule has 1 aliphatic carbocycles. The lowest BCUT2D eigenvalue weighted by Gasteiger charge is -2.40. The Hall–Kier alpha value is -0.830. The van der Waals surface area contributed by atoms with E-state index in [9.17, 15) is 0 Å². The third kappa shape index (κ3) is 4.09. The molecule has 3 heteroatoms. The van der Waals surface area contributed by atoms with Crippen LogP contribution in [0, 0.1) is 11.3 Å². The van der Waals surface area contributed by atoms with E-state index in [-0.39, 0.29) is 0 Å². The first kappa shape index (κ1) is 16.5. The summed E-state index contributed by atoms with van der Waals surface area (Å²) in [5.41, 5.74) is 1.89. The minimum Gasteiger partial charge on any atom is -0.313 e. The predicted octanol–water partition coefficient (Wildman–Crippen LogP) is 4.03. The Morgan fingerprint density at radius 1 is 1.29 bits per heavy atom. The van der Waals surface area contributed by atoms with E-state index < -0.39 is 0 Å². The van der Waals surface area contributed by atoms with Gasteiger partial charge >= 0.3 is 0 Å². The van der Waals surface area contributed by atoms with Gasteiger partial charge in [-0.15, -0.1) is 0 Å². The molecule has 0 aliphatic heterocycles. The molecule has 0 amide bonds. The van der Waals surface area contributed by atoms with Crippen LogP contribution in [0.3, 0.4) is 0 Å². The quantitative estimate of drug-likeness (QED) is 0.783. The van der Waals surface area contributed by atoms with E-state index in [1.807, 2.05) is 4.68 Å². The van der Waals surface area contributed by atoms with Gasteiger partial charge in [-0.3, -0.25) is 4.68 Å². The minimum absolute atomic E-state index is 0.499. The zero-order valence-electron chi connectivity index (χ0n) is 14.4. The summed E-state index contributed by atoms with van der Waals surface area (Å²) in [4.78, 5) is 0. The summed E-state index contributed by atoms with van der Waals surface area (Å²) >= 11 is 0. The fraction of sp³-hybridized carbons (Fsp3) is 0.833. The normalized spacial score (nSPS) is 19.3. The smallest absolute Gasteiger partial charge is 0.0522 e. The molecule has 1 N–H and O–H groups in total. The van der Waals surface area contributed by atoms with E-state index in [0.717, 1.165) is 25.4 Å². The average molecular weight is 291 g/mol. The molecular formula is C18H33N3. The number of likely N-dealkylation sites (N-methyl/N-ethyl adjacent to an activating group) is 1. The first-order valence-electron chi connectivity index (χ1n) is 8.84. The largest absolute Gasteiger partial charge is 0.313 e. The lowest BCUT2D eigenvalue weighted by Crippen LogP contribution is -2.46. The fourth-order valence-electron chi connectivity index (χ4n) is 4.26. The molecule has 1 heterocycles. The summed E-state index contributed by atoms with van der Waals surface area (Å²) in [6.07, 6.45) is 12.4. The van der Waals surface area contributed by atoms with Crippen molar-refractivity contribution in [1.29, 1.82) is 0 Å². The summed E-state index contributed by atoms with van der Waals surface area (Å²) < 4.78 is 2.04. The molecule has 1 fully saturated rings. The van der Waals surface area contributed by atoms with Gasteiger partial charge in [0.25, 0.3) is 0 Å². The Kier molecular flexibility index (Phi) is 5.86. The van der Waals surface area contributed by atoms with Crippen molar-refractivity contribution in [2.45, 2.75) is 78.8 Å². The summed E-state index contributed by atoms with van der Waals surface area (Å²) in [6.45, 7) is 11.2. The molecule has 21 heavy (non-hydrogen) atoms. The van der Waals surface area contributed by atoms with Crippen LogP contribution in [0.2, 0.25) is 0 Å². The van der Waals surface area contributed by atoms with E-state index in [0.29, 0.717) is 11.5 Å². The van der Waals surface area contributed by atoms with Crippen LogP contribution in [0.4, 0.5) is 0 Å². The topological polar surface area (TPSA) is 29.9 Å². The van der Waals surface area contributed by atoms with Gasteiger partial charge in [-0.25, -0.2) is 0 Å². The SMILES string of the molecule is CCNC(Cc1cnn(CC)c1)C1(CC(C)C)CCCC1. The minimum atomic E-state index is 0.499. The second-order valence-electron chi connectivity index (χ2n) is 7.19. The first-order valence-corrected chi connectivity index (χ1v) is 8.84. The Bertz CT molecular complexity index is 416. The van der Waals surface area contributed by atoms with Crippen molar-refractivity contribution in [2.24, 2.45) is 11.3 Å². The lowest BCUT2D eigenvalue weighted by atomic mass is 9.71. The summed E-state index contributed by atoms with van der Waals surface area (Å²) in [6, 6.07) is 0.599. The van der Waals surface area contributed by atoms with Gasteiger partial charge in [-0.1, -0.05) is 33.6 Å². The van der Waals surface area contributed by atoms with E-state index in [1.54, 1.807) is 0 Å². The van der Waals surface area contributed by atoms with Crippen LogP contribution in [0.1, 0.15) is 65.4 Å². The van der Waals surface area contributed by atoms with Crippen LogP contribution in [-0.2, 0) is 13.0 Å². The molecule has 3 nitrogen and oxygen atoms in total. The van der Waals surface area contributed by atoms with Crippen molar-refractivity contribution in [3.8, 4) is 0 Å². The maximum atomic E-state index is 4.45. The van der Waals surface area contributed by atoms with Crippen LogP contribution in [0.25, 0.3) is 0 Å². The molecule has 120 valence electrons. The van der Waals surface area contributed by atoms with Crippen molar-refractivity contribution in [3.05, 3.63) is 18.0 Å². The molecule has 1 atom stereocenters. The molecule has 1 aliphatic rings. The van der Waals surface area contributed by atoms with Crippen molar-refractivity contribution in [3.63, 3.8) is 0 Å². The maximum Gasteiger partial charge on any atom is 0.0522 e. The Balaban J connectivity index is 2.14. The van der Waals surface area contributed by atoms with Gasteiger partial charge in [-0.05, 0) is 56.0 Å². The van der Waals surface area contributed by atoms with Crippen LogP contribution < -0.4 is 5.32 Å². The lowest BCUT2D eigenvalue weighted by molar-refractivity contribution is 0.155. The van der Waals surface area contributed by atoms with E-state index >= 15 is 0 Å². The Morgan fingerprint density at radius 2 is 2.00 bits per heavy atom. The van der Waals surface area contributed by atoms with E-state index in [2.05, 4.69) is 50.5 Å². The molecule has 0 bridgehead atoms. The van der Waals surface area contributed by atoms with E-state index in [4.69, 9.17) is 0 Å². The van der Waals surface area contributed by atoms with Gasteiger partial charge in [0.05, 0.1) is 6.20 Å². The van der Waals surface area contributed by atoms with Crippen molar-refractivity contribution in [2.75, 3.05) is 6.54 Å². The molecule has 1 saturated carbocycles. The fourth-order valence-corrected chi connectivity index (χ4v) is 4.26. The maximum absolute atomic E-state index is 4.45. The number of rotatable bonds is 8. The third-order valence-electron chi connectivity index (χ3n) is 5.05. The van der Waals surface area contributed by atoms with Gasteiger partial charge in [0.15, 0.2) is 0 Å². The Labute approximate surface area is 130 Å². The predicted molar refractivity (Wildman–Crippen MR) is 89.4 cm³/mol. The highest BCUT2D eigenvalue weighted by Crippen LogP contribution is 2.46. The molecule has 0 spiro atoms.